The maximum atomic E-state index is 12.6. The first-order valence-electron chi connectivity index (χ1n) is 8.90. The second kappa shape index (κ2) is 7.15. The van der Waals surface area contributed by atoms with Crippen LogP contribution in [0.25, 0.3) is 22.2 Å². The van der Waals surface area contributed by atoms with Gasteiger partial charge in [0.1, 0.15) is 5.69 Å². The van der Waals surface area contributed by atoms with E-state index in [1.54, 1.807) is 36.4 Å². The summed E-state index contributed by atoms with van der Waals surface area (Å²) >= 11 is 0. The lowest BCUT2D eigenvalue weighted by Crippen LogP contribution is -2.14. The first-order chi connectivity index (χ1) is 13.6. The van der Waals surface area contributed by atoms with Gasteiger partial charge in [-0.25, -0.2) is 4.79 Å². The molecule has 0 aliphatic carbocycles. The number of H-pyrrole nitrogens is 2. The van der Waals surface area contributed by atoms with Gasteiger partial charge in [-0.05, 0) is 18.1 Å². The summed E-state index contributed by atoms with van der Waals surface area (Å²) in [4.78, 5) is 28.0. The number of Topliss-reactive ketones (excluding diaryl/α,β-unsaturated/α-hetero) is 1. The van der Waals surface area contributed by atoms with Crippen molar-refractivity contribution < 1.29 is 14.3 Å². The van der Waals surface area contributed by atoms with E-state index in [4.69, 9.17) is 4.74 Å². The normalized spacial score (nSPS) is 11.1. The monoisotopic (exact) mass is 377 g/mol. The van der Waals surface area contributed by atoms with Gasteiger partial charge in [0.15, 0.2) is 6.61 Å². The highest BCUT2D eigenvalue weighted by Crippen LogP contribution is 2.23. The van der Waals surface area contributed by atoms with Crippen molar-refractivity contribution in [1.82, 2.24) is 25.0 Å². The zero-order valence-corrected chi connectivity index (χ0v) is 15.5. The first kappa shape index (κ1) is 17.7. The van der Waals surface area contributed by atoms with Crippen LogP contribution in [0.1, 0.15) is 33.3 Å². The Bertz CT molecular complexity index is 1170. The van der Waals surface area contributed by atoms with Gasteiger partial charge in [-0.2, -0.15) is 10.2 Å². The van der Waals surface area contributed by atoms with Gasteiger partial charge in [0.2, 0.25) is 5.78 Å². The van der Waals surface area contributed by atoms with Crippen LogP contribution in [0.15, 0.2) is 42.9 Å². The van der Waals surface area contributed by atoms with Crippen molar-refractivity contribution in [3.63, 3.8) is 0 Å². The number of aromatic nitrogens is 5. The third-order valence-corrected chi connectivity index (χ3v) is 4.62. The zero-order chi connectivity index (χ0) is 19.7. The van der Waals surface area contributed by atoms with E-state index in [0.717, 1.165) is 28.5 Å². The van der Waals surface area contributed by atoms with Gasteiger partial charge in [0, 0.05) is 41.5 Å². The molecule has 8 heteroatoms. The third kappa shape index (κ3) is 3.20. The van der Waals surface area contributed by atoms with Crippen molar-refractivity contribution in [3.8, 4) is 11.3 Å². The van der Waals surface area contributed by atoms with Crippen LogP contribution >= 0.6 is 0 Å². The molecule has 0 radical (unpaired) electrons. The van der Waals surface area contributed by atoms with Crippen LogP contribution in [0, 0.1) is 0 Å². The summed E-state index contributed by atoms with van der Waals surface area (Å²) in [5.74, 6) is -0.898. The molecule has 0 saturated heterocycles. The van der Waals surface area contributed by atoms with Crippen molar-refractivity contribution >= 4 is 22.7 Å². The van der Waals surface area contributed by atoms with Gasteiger partial charge >= 0.3 is 5.97 Å². The Morgan fingerprint density at radius 3 is 2.89 bits per heavy atom. The number of benzene rings is 1. The van der Waals surface area contributed by atoms with E-state index in [2.05, 4.69) is 27.2 Å². The minimum Gasteiger partial charge on any atom is -0.453 e. The lowest BCUT2D eigenvalue weighted by atomic mass is 10.1. The van der Waals surface area contributed by atoms with E-state index in [1.165, 1.54) is 0 Å². The van der Waals surface area contributed by atoms with E-state index in [0.29, 0.717) is 11.3 Å². The van der Waals surface area contributed by atoms with Crippen molar-refractivity contribution in [2.75, 3.05) is 6.61 Å². The van der Waals surface area contributed by atoms with Crippen LogP contribution in [0.4, 0.5) is 0 Å². The average Bonchev–Trinajstić information content (AvgIpc) is 3.44. The summed E-state index contributed by atoms with van der Waals surface area (Å²) in [6.07, 6.45) is 5.96. The van der Waals surface area contributed by atoms with Gasteiger partial charge in [0.05, 0.1) is 11.9 Å². The molecular formula is C20H19N5O3. The van der Waals surface area contributed by atoms with Crippen LogP contribution in [-0.2, 0) is 18.2 Å². The lowest BCUT2D eigenvalue weighted by molar-refractivity contribution is 0.0469. The number of carbonyl (C=O) groups is 2. The number of rotatable bonds is 6. The molecule has 0 bridgehead atoms. The number of nitrogens with zero attached hydrogens (tertiary/aromatic N) is 3. The molecule has 0 fully saturated rings. The fraction of sp³-hybridized carbons (Fsp3) is 0.200. The number of hydrogen-bond donors (Lipinski definition) is 2. The molecule has 1 aromatic carbocycles. The topological polar surface area (TPSA) is 106 Å². The van der Waals surface area contributed by atoms with E-state index in [1.807, 2.05) is 18.2 Å². The number of ketones is 1. The largest absolute Gasteiger partial charge is 0.453 e. The lowest BCUT2D eigenvalue weighted by Gasteiger charge is -2.03. The van der Waals surface area contributed by atoms with E-state index >= 15 is 0 Å². The Hall–Kier alpha value is -3.68. The number of aryl methyl sites for hydroxylation is 2. The number of ether oxygens (including phenoxy) is 1. The van der Waals surface area contributed by atoms with E-state index < -0.39 is 5.97 Å². The summed E-state index contributed by atoms with van der Waals surface area (Å²) < 4.78 is 6.82. The maximum Gasteiger partial charge on any atom is 0.356 e. The van der Waals surface area contributed by atoms with Crippen molar-refractivity contribution in [1.29, 1.82) is 0 Å². The smallest absolute Gasteiger partial charge is 0.356 e. The van der Waals surface area contributed by atoms with E-state index in [9.17, 15) is 9.59 Å². The van der Waals surface area contributed by atoms with Crippen molar-refractivity contribution in [2.24, 2.45) is 7.05 Å². The summed E-state index contributed by atoms with van der Waals surface area (Å²) in [6, 6.07) is 7.39. The van der Waals surface area contributed by atoms with Gasteiger partial charge in [-0.15, -0.1) is 0 Å². The molecule has 8 nitrogen and oxygen atoms in total. The first-order valence-corrected chi connectivity index (χ1v) is 8.90. The third-order valence-electron chi connectivity index (χ3n) is 4.62. The molecule has 0 saturated carbocycles. The molecule has 28 heavy (non-hydrogen) atoms. The highest BCUT2D eigenvalue weighted by Gasteiger charge is 2.18. The molecule has 0 aliphatic heterocycles. The van der Waals surface area contributed by atoms with Gasteiger partial charge in [-0.1, -0.05) is 25.1 Å². The highest BCUT2D eigenvalue weighted by molar-refractivity contribution is 6.09. The molecule has 3 aromatic heterocycles. The van der Waals surface area contributed by atoms with Crippen LogP contribution in [0.3, 0.4) is 0 Å². The fourth-order valence-corrected chi connectivity index (χ4v) is 3.16. The van der Waals surface area contributed by atoms with Gasteiger partial charge in [0.25, 0.3) is 0 Å². The molecule has 4 aromatic rings. The van der Waals surface area contributed by atoms with Gasteiger partial charge < -0.3 is 9.72 Å². The summed E-state index contributed by atoms with van der Waals surface area (Å²) in [6.45, 7) is 1.71. The average molecular weight is 377 g/mol. The molecule has 142 valence electrons. The SMILES string of the molecule is CCc1cccc2c(C(=O)COC(=O)c3cc(-c4cnn(C)c4)n[nH]3)c[nH]c12. The Morgan fingerprint density at radius 2 is 2.14 bits per heavy atom. The predicted molar refractivity (Wildman–Crippen MR) is 103 cm³/mol. The van der Waals surface area contributed by atoms with Crippen LogP contribution in [0.2, 0.25) is 0 Å². The predicted octanol–water partition coefficient (Wildman–Crippen LogP) is 2.89. The van der Waals surface area contributed by atoms with Crippen molar-refractivity contribution in [3.05, 3.63) is 59.7 Å². The maximum absolute atomic E-state index is 12.6. The Balaban J connectivity index is 1.45. The fourth-order valence-electron chi connectivity index (χ4n) is 3.16. The highest BCUT2D eigenvalue weighted by atomic mass is 16.5. The molecule has 0 unspecified atom stereocenters. The number of aromatic amines is 2. The standard InChI is InChI=1S/C20H19N5O3/c1-3-12-5-4-6-14-15(9-21-19(12)14)18(26)11-28-20(27)17-7-16(23-24-17)13-8-22-25(2)10-13/h4-10,21H,3,11H2,1-2H3,(H,23,24). The van der Waals surface area contributed by atoms with Gasteiger partial charge in [-0.3, -0.25) is 14.6 Å². The van der Waals surface area contributed by atoms with Crippen LogP contribution in [0.5, 0.6) is 0 Å². The molecule has 0 amide bonds. The van der Waals surface area contributed by atoms with Crippen LogP contribution < -0.4 is 0 Å². The second-order valence-electron chi connectivity index (χ2n) is 6.46. The molecule has 0 aliphatic rings. The summed E-state index contributed by atoms with van der Waals surface area (Å²) in [5, 5.41) is 11.6. The summed E-state index contributed by atoms with van der Waals surface area (Å²) in [7, 11) is 1.80. The number of nitrogens with one attached hydrogen (secondary N) is 2. The zero-order valence-electron chi connectivity index (χ0n) is 15.5. The number of hydrogen-bond acceptors (Lipinski definition) is 5. The molecule has 3 heterocycles. The molecular weight excluding hydrogens is 358 g/mol. The number of para-hydroxylation sites is 1. The van der Waals surface area contributed by atoms with Crippen LogP contribution in [-0.4, -0.2) is 43.3 Å². The molecule has 0 atom stereocenters. The number of esters is 1. The Kier molecular flexibility index (Phi) is 4.52. The number of carbonyl (C=O) groups excluding carboxylic acids is 2. The second-order valence-corrected chi connectivity index (χ2v) is 6.46. The molecule has 2 N–H and O–H groups in total. The van der Waals surface area contributed by atoms with Crippen molar-refractivity contribution in [2.45, 2.75) is 13.3 Å². The quantitative estimate of drug-likeness (QED) is 0.397. The number of fused-ring (bicyclic) bond motifs is 1. The summed E-state index contributed by atoms with van der Waals surface area (Å²) in [5.41, 5.74) is 4.12. The minimum absolute atomic E-state index is 0.179. The minimum atomic E-state index is -0.634. The molecule has 4 rings (SSSR count). The Morgan fingerprint density at radius 1 is 1.29 bits per heavy atom. The molecule has 0 spiro atoms. The van der Waals surface area contributed by atoms with E-state index in [-0.39, 0.29) is 18.1 Å². The Labute approximate surface area is 160 Å².